The monoisotopic (exact) mass is 263 g/mol. The van der Waals surface area contributed by atoms with E-state index >= 15 is 0 Å². The van der Waals surface area contributed by atoms with Gasteiger partial charge in [0.2, 0.25) is 0 Å². The van der Waals surface area contributed by atoms with Gasteiger partial charge < -0.3 is 9.42 Å². The molecule has 0 bridgehead atoms. The number of nitrogens with zero attached hydrogens (tertiary/aromatic N) is 1. The Balaban J connectivity index is 2.62. The van der Waals surface area contributed by atoms with Crippen LogP contribution in [0.4, 0.5) is 5.42 Å². The summed E-state index contributed by atoms with van der Waals surface area (Å²) < 4.78 is 5.79. The van der Waals surface area contributed by atoms with E-state index in [1.165, 1.54) is 15.9 Å². The van der Waals surface area contributed by atoms with Gasteiger partial charge in [-0.15, -0.1) is 0 Å². The molecule has 0 amide bonds. The lowest BCUT2D eigenvalue weighted by Crippen LogP contribution is -2.36. The van der Waals surface area contributed by atoms with E-state index in [0.29, 0.717) is 12.1 Å². The highest BCUT2D eigenvalue weighted by molar-refractivity contribution is 7.55. The second-order valence-corrected chi connectivity index (χ2v) is 7.03. The zero-order valence-electron chi connectivity index (χ0n) is 11.8. The Hall–Kier alpha value is -0.980. The molecule has 0 saturated heterocycles. The first-order valence-corrected chi connectivity index (χ1v) is 7.75. The van der Waals surface area contributed by atoms with Gasteiger partial charge in [0, 0.05) is 32.1 Å². The molecule has 2 nitrogen and oxygen atoms in total. The van der Waals surface area contributed by atoms with Gasteiger partial charge in [0.25, 0.3) is 0 Å². The zero-order valence-corrected chi connectivity index (χ0v) is 12.7. The Morgan fingerprint density at radius 2 is 1.67 bits per heavy atom. The molecule has 1 unspecified atom stereocenters. The second kappa shape index (κ2) is 5.34. The van der Waals surface area contributed by atoms with Crippen LogP contribution in [0.15, 0.2) is 30.3 Å². The molecule has 2 aromatic rings. The summed E-state index contributed by atoms with van der Waals surface area (Å²) in [4.78, 5) is 2.47. The molecular formula is C15H22NOP. The van der Waals surface area contributed by atoms with Gasteiger partial charge in [-0.2, -0.15) is 0 Å². The fourth-order valence-electron chi connectivity index (χ4n) is 2.61. The summed E-state index contributed by atoms with van der Waals surface area (Å²) in [6.45, 7) is 8.97. The summed E-state index contributed by atoms with van der Waals surface area (Å²) in [5, 5.41) is 2.66. The van der Waals surface area contributed by atoms with Crippen molar-refractivity contribution in [1.29, 1.82) is 0 Å². The van der Waals surface area contributed by atoms with Crippen molar-refractivity contribution in [3.05, 3.63) is 30.3 Å². The predicted molar refractivity (Wildman–Crippen MR) is 81.9 cm³/mol. The summed E-state index contributed by atoms with van der Waals surface area (Å²) >= 11 is 0. The summed E-state index contributed by atoms with van der Waals surface area (Å²) in [5.74, 6) is 0. The van der Waals surface area contributed by atoms with Crippen molar-refractivity contribution in [2.45, 2.75) is 39.8 Å². The third-order valence-corrected chi connectivity index (χ3v) is 5.19. The minimum absolute atomic E-state index is 0.491. The molecule has 1 atom stereocenters. The van der Waals surface area contributed by atoms with Crippen LogP contribution in [0.3, 0.4) is 0 Å². The number of fused-ring (bicyclic) bond motifs is 1. The molecule has 1 aromatic heterocycles. The summed E-state index contributed by atoms with van der Waals surface area (Å²) in [6, 6.07) is 11.8. The lowest BCUT2D eigenvalue weighted by atomic mass is 10.2. The van der Waals surface area contributed by atoms with Crippen LogP contribution in [0.2, 0.25) is 0 Å². The first-order chi connectivity index (χ1) is 8.56. The number of benzene rings is 1. The lowest BCUT2D eigenvalue weighted by Gasteiger charge is -2.33. The maximum absolute atomic E-state index is 5.79. The van der Waals surface area contributed by atoms with Crippen LogP contribution >= 0.6 is 7.76 Å². The summed E-state index contributed by atoms with van der Waals surface area (Å²) in [7, 11) is 1.18. The van der Waals surface area contributed by atoms with E-state index in [1.807, 2.05) is 7.11 Å². The molecule has 0 aliphatic rings. The number of rotatable bonds is 4. The number of hydrogen-bond donors (Lipinski definition) is 0. The van der Waals surface area contributed by atoms with Crippen molar-refractivity contribution < 1.29 is 4.52 Å². The Morgan fingerprint density at radius 1 is 1.06 bits per heavy atom. The van der Waals surface area contributed by atoms with Gasteiger partial charge in [-0.3, -0.25) is 0 Å². The normalized spacial score (nSPS) is 12.7. The highest BCUT2D eigenvalue weighted by Gasteiger charge is 2.20. The van der Waals surface area contributed by atoms with Crippen molar-refractivity contribution in [3.8, 4) is 0 Å². The molecule has 0 fully saturated rings. The van der Waals surface area contributed by atoms with Gasteiger partial charge in [-0.25, -0.2) is 0 Å². The Bertz CT molecular complexity index is 522. The second-order valence-electron chi connectivity index (χ2n) is 5.13. The third-order valence-electron chi connectivity index (χ3n) is 3.21. The molecule has 0 N–H and O–H groups in total. The highest BCUT2D eigenvalue weighted by Crippen LogP contribution is 2.48. The van der Waals surface area contributed by atoms with Crippen LogP contribution in [0.1, 0.15) is 27.7 Å². The van der Waals surface area contributed by atoms with E-state index < -0.39 is 7.76 Å². The van der Waals surface area contributed by atoms with Gasteiger partial charge >= 0.3 is 0 Å². The zero-order chi connectivity index (χ0) is 13.3. The average Bonchev–Trinajstić information content (AvgIpc) is 2.65. The number of hydrogen-bond acceptors (Lipinski definition) is 2. The van der Waals surface area contributed by atoms with Crippen molar-refractivity contribution in [2.75, 3.05) is 12.0 Å². The molecule has 1 aromatic carbocycles. The molecule has 0 spiro atoms. The van der Waals surface area contributed by atoms with E-state index in [-0.39, 0.29) is 0 Å². The van der Waals surface area contributed by atoms with Gasteiger partial charge in [-0.1, -0.05) is 18.2 Å². The van der Waals surface area contributed by atoms with Crippen LogP contribution in [0.25, 0.3) is 10.5 Å². The molecule has 3 heteroatoms. The quantitative estimate of drug-likeness (QED) is 0.804. The van der Waals surface area contributed by atoms with Crippen molar-refractivity contribution in [3.63, 3.8) is 0 Å². The van der Waals surface area contributed by atoms with E-state index in [2.05, 4.69) is 62.9 Å². The minimum Gasteiger partial charge on any atom is -0.362 e. The Labute approximate surface area is 111 Å². The largest absolute Gasteiger partial charge is 0.362 e. The maximum atomic E-state index is 5.79. The van der Waals surface area contributed by atoms with Crippen LogP contribution in [-0.4, -0.2) is 19.2 Å². The van der Waals surface area contributed by atoms with Crippen molar-refractivity contribution in [2.24, 2.45) is 0 Å². The van der Waals surface area contributed by atoms with Crippen LogP contribution in [0, 0.1) is 0 Å². The summed E-state index contributed by atoms with van der Waals surface area (Å²) in [6.07, 6.45) is 0. The third kappa shape index (κ3) is 2.28. The van der Waals surface area contributed by atoms with E-state index in [0.717, 1.165) is 0 Å². The van der Waals surface area contributed by atoms with E-state index in [9.17, 15) is 0 Å². The van der Waals surface area contributed by atoms with E-state index in [1.54, 1.807) is 0 Å². The van der Waals surface area contributed by atoms with Crippen LogP contribution in [0.5, 0.6) is 0 Å². The number of anilines is 1. The molecule has 0 aliphatic heterocycles. The Kier molecular flexibility index (Phi) is 3.99. The first kappa shape index (κ1) is 13.5. The molecule has 0 radical (unpaired) electrons. The SMILES string of the molecule is COp1c(N(C(C)C)C(C)C)cc2ccccc21. The Morgan fingerprint density at radius 3 is 2.22 bits per heavy atom. The molecule has 98 valence electrons. The smallest absolute Gasteiger partial charge is 0.0843 e. The standard InChI is InChI=1S/C15H22NOP/c1-11(2)16(12(3)4)15-10-13-8-6-7-9-14(13)18(15)17-5/h6-12H,1-5H3. The average molecular weight is 263 g/mol. The fraction of sp³-hybridized carbons (Fsp3) is 0.467. The predicted octanol–water partition coefficient (Wildman–Crippen LogP) is 4.51. The topological polar surface area (TPSA) is 12.5 Å². The fourth-order valence-corrected chi connectivity index (χ4v) is 4.77. The summed E-state index contributed by atoms with van der Waals surface area (Å²) in [5.41, 5.74) is 1.35. The van der Waals surface area contributed by atoms with Gasteiger partial charge in [-0.05, 0) is 45.2 Å². The van der Waals surface area contributed by atoms with E-state index in [4.69, 9.17) is 4.52 Å². The van der Waals surface area contributed by atoms with Crippen LogP contribution < -0.4 is 9.42 Å². The highest BCUT2D eigenvalue weighted by atomic mass is 31.1. The van der Waals surface area contributed by atoms with Crippen LogP contribution in [-0.2, 0) is 0 Å². The first-order valence-electron chi connectivity index (χ1n) is 6.49. The van der Waals surface area contributed by atoms with Gasteiger partial charge in [0.1, 0.15) is 0 Å². The molecule has 0 aliphatic carbocycles. The maximum Gasteiger partial charge on any atom is 0.0843 e. The van der Waals surface area contributed by atoms with Crippen molar-refractivity contribution in [1.82, 2.24) is 0 Å². The minimum atomic E-state index is -0.639. The molecule has 1 heterocycles. The van der Waals surface area contributed by atoms with Crippen molar-refractivity contribution >= 4 is 23.7 Å². The lowest BCUT2D eigenvalue weighted by molar-refractivity contribution is 0.552. The molecule has 0 saturated carbocycles. The van der Waals surface area contributed by atoms with Gasteiger partial charge in [0.05, 0.1) is 5.42 Å². The molecular weight excluding hydrogens is 241 g/mol. The molecule has 2 rings (SSSR count). The van der Waals surface area contributed by atoms with Gasteiger partial charge in [0.15, 0.2) is 0 Å². The molecule has 18 heavy (non-hydrogen) atoms.